The smallest absolute Gasteiger partial charge is 0.173 e. The van der Waals surface area contributed by atoms with E-state index in [4.69, 9.17) is 20.4 Å². The number of nitrogens with zero attached hydrogens (tertiary/aromatic N) is 2. The lowest BCUT2D eigenvalue weighted by atomic mass is 10.0. The van der Waals surface area contributed by atoms with Crippen LogP contribution in [0.2, 0.25) is 0 Å². The molecule has 1 aliphatic heterocycles. The summed E-state index contributed by atoms with van der Waals surface area (Å²) in [6, 6.07) is 5.77. The maximum absolute atomic E-state index is 8.86. The van der Waals surface area contributed by atoms with Crippen molar-refractivity contribution in [2.24, 2.45) is 10.9 Å². The van der Waals surface area contributed by atoms with Crippen LogP contribution in [0.5, 0.6) is 5.75 Å². The van der Waals surface area contributed by atoms with Crippen LogP contribution in [0.1, 0.15) is 24.0 Å². The Morgan fingerprint density at radius 2 is 2.10 bits per heavy atom. The largest absolute Gasteiger partial charge is 0.496 e. The van der Waals surface area contributed by atoms with E-state index in [-0.39, 0.29) is 5.84 Å². The topological polar surface area (TPSA) is 80.3 Å². The molecule has 0 aromatic heterocycles. The van der Waals surface area contributed by atoms with Gasteiger partial charge in [0, 0.05) is 26.7 Å². The van der Waals surface area contributed by atoms with Crippen LogP contribution in [-0.4, -0.2) is 49.4 Å². The molecule has 6 heteroatoms. The van der Waals surface area contributed by atoms with Crippen LogP contribution in [-0.2, 0) is 11.3 Å². The second kappa shape index (κ2) is 7.28. The highest BCUT2D eigenvalue weighted by atomic mass is 16.5. The lowest BCUT2D eigenvalue weighted by molar-refractivity contribution is 0.0388. The molecule has 0 saturated carbocycles. The van der Waals surface area contributed by atoms with Crippen LogP contribution in [0, 0.1) is 0 Å². The van der Waals surface area contributed by atoms with Crippen molar-refractivity contribution in [3.63, 3.8) is 0 Å². The quantitative estimate of drug-likeness (QED) is 0.371. The van der Waals surface area contributed by atoms with Crippen LogP contribution < -0.4 is 10.5 Å². The van der Waals surface area contributed by atoms with E-state index in [1.807, 2.05) is 18.2 Å². The van der Waals surface area contributed by atoms with Gasteiger partial charge in [-0.25, -0.2) is 0 Å². The van der Waals surface area contributed by atoms with Crippen LogP contribution >= 0.6 is 0 Å². The van der Waals surface area contributed by atoms with Gasteiger partial charge in [0.2, 0.25) is 0 Å². The normalized spacial score (nSPS) is 17.9. The van der Waals surface area contributed by atoms with Crippen molar-refractivity contribution in [2.45, 2.75) is 25.5 Å². The van der Waals surface area contributed by atoms with Crippen LogP contribution in [0.15, 0.2) is 23.4 Å². The first-order chi connectivity index (χ1) is 10.2. The highest BCUT2D eigenvalue weighted by Crippen LogP contribution is 2.22. The van der Waals surface area contributed by atoms with Crippen molar-refractivity contribution in [3.8, 4) is 5.75 Å². The second-order valence-corrected chi connectivity index (χ2v) is 5.23. The predicted molar refractivity (Wildman–Crippen MR) is 80.8 cm³/mol. The Morgan fingerprint density at radius 1 is 1.38 bits per heavy atom. The van der Waals surface area contributed by atoms with Crippen molar-refractivity contribution < 1.29 is 14.7 Å². The summed E-state index contributed by atoms with van der Waals surface area (Å²) in [7, 11) is 3.34. The highest BCUT2D eigenvalue weighted by Gasteiger charge is 2.19. The average Bonchev–Trinajstić information content (AvgIpc) is 2.54. The summed E-state index contributed by atoms with van der Waals surface area (Å²) in [6.45, 7) is 2.87. The van der Waals surface area contributed by atoms with E-state index in [0.717, 1.165) is 38.0 Å². The molecule has 0 amide bonds. The highest BCUT2D eigenvalue weighted by molar-refractivity contribution is 5.99. The molecule has 6 nitrogen and oxygen atoms in total. The third-order valence-corrected chi connectivity index (χ3v) is 3.92. The van der Waals surface area contributed by atoms with Crippen molar-refractivity contribution in [2.75, 3.05) is 27.3 Å². The van der Waals surface area contributed by atoms with Gasteiger partial charge in [0.15, 0.2) is 5.84 Å². The first kappa shape index (κ1) is 15.6. The van der Waals surface area contributed by atoms with E-state index in [9.17, 15) is 0 Å². The van der Waals surface area contributed by atoms with Gasteiger partial charge in [-0.2, -0.15) is 0 Å². The Hall–Kier alpha value is -1.79. The average molecular weight is 293 g/mol. The van der Waals surface area contributed by atoms with Gasteiger partial charge in [0.1, 0.15) is 5.75 Å². The summed E-state index contributed by atoms with van der Waals surface area (Å²) in [5.74, 6) is 0.666. The minimum atomic E-state index is 0.0618. The molecular weight excluding hydrogens is 270 g/mol. The lowest BCUT2D eigenvalue weighted by Crippen LogP contribution is -2.36. The number of ether oxygens (including phenoxy) is 2. The first-order valence-electron chi connectivity index (χ1n) is 7.08. The van der Waals surface area contributed by atoms with Gasteiger partial charge in [-0.1, -0.05) is 11.2 Å². The number of piperidine rings is 1. The fourth-order valence-electron chi connectivity index (χ4n) is 2.67. The molecule has 1 fully saturated rings. The summed E-state index contributed by atoms with van der Waals surface area (Å²) >= 11 is 0. The van der Waals surface area contributed by atoms with Crippen molar-refractivity contribution >= 4 is 5.84 Å². The number of oxime groups is 1. The van der Waals surface area contributed by atoms with Gasteiger partial charge in [-0.15, -0.1) is 0 Å². The molecule has 1 heterocycles. The minimum Gasteiger partial charge on any atom is -0.496 e. The van der Waals surface area contributed by atoms with E-state index in [2.05, 4.69) is 10.1 Å². The molecule has 0 spiro atoms. The van der Waals surface area contributed by atoms with E-state index in [1.54, 1.807) is 14.2 Å². The molecule has 0 bridgehead atoms. The zero-order chi connectivity index (χ0) is 15.2. The zero-order valence-corrected chi connectivity index (χ0v) is 12.6. The first-order valence-corrected chi connectivity index (χ1v) is 7.08. The SMILES string of the molecule is COc1ccc(CN2CCC(OC)CC2)cc1C(N)=NO. The predicted octanol–water partition coefficient (Wildman–Crippen LogP) is 1.40. The number of amidine groups is 1. The van der Waals surface area contributed by atoms with Gasteiger partial charge >= 0.3 is 0 Å². The van der Waals surface area contributed by atoms with Crippen molar-refractivity contribution in [1.29, 1.82) is 0 Å². The Bertz CT molecular complexity index is 497. The van der Waals surface area contributed by atoms with E-state index >= 15 is 0 Å². The molecule has 1 aliphatic rings. The van der Waals surface area contributed by atoms with Crippen molar-refractivity contribution in [1.82, 2.24) is 4.90 Å². The number of hydrogen-bond donors (Lipinski definition) is 2. The minimum absolute atomic E-state index is 0.0618. The molecule has 1 saturated heterocycles. The van der Waals surface area contributed by atoms with E-state index < -0.39 is 0 Å². The van der Waals surface area contributed by atoms with Gasteiger partial charge in [-0.05, 0) is 30.5 Å². The Morgan fingerprint density at radius 3 is 2.67 bits per heavy atom. The van der Waals surface area contributed by atoms with Gasteiger partial charge in [0.05, 0.1) is 18.8 Å². The summed E-state index contributed by atoms with van der Waals surface area (Å²) in [5.41, 5.74) is 7.43. The monoisotopic (exact) mass is 293 g/mol. The van der Waals surface area contributed by atoms with Gasteiger partial charge in [-0.3, -0.25) is 4.90 Å². The standard InChI is InChI=1S/C15H23N3O3/c1-20-12-5-7-18(8-6-12)10-11-3-4-14(21-2)13(9-11)15(16)17-19/h3-4,9,12,19H,5-8,10H2,1-2H3,(H2,16,17). The molecule has 21 heavy (non-hydrogen) atoms. The zero-order valence-electron chi connectivity index (χ0n) is 12.6. The van der Waals surface area contributed by atoms with Crippen molar-refractivity contribution in [3.05, 3.63) is 29.3 Å². The number of hydrogen-bond acceptors (Lipinski definition) is 5. The fourth-order valence-corrected chi connectivity index (χ4v) is 2.67. The number of benzene rings is 1. The number of likely N-dealkylation sites (tertiary alicyclic amines) is 1. The Balaban J connectivity index is 2.07. The third-order valence-electron chi connectivity index (χ3n) is 3.92. The molecule has 1 aromatic carbocycles. The molecule has 0 aliphatic carbocycles. The summed E-state index contributed by atoms with van der Waals surface area (Å²) < 4.78 is 10.6. The van der Waals surface area contributed by atoms with E-state index in [1.165, 1.54) is 0 Å². The van der Waals surface area contributed by atoms with Crippen LogP contribution in [0.3, 0.4) is 0 Å². The van der Waals surface area contributed by atoms with Crippen LogP contribution in [0.25, 0.3) is 0 Å². The van der Waals surface area contributed by atoms with Crippen LogP contribution in [0.4, 0.5) is 0 Å². The Kier molecular flexibility index (Phi) is 5.41. The molecule has 0 unspecified atom stereocenters. The molecular formula is C15H23N3O3. The molecule has 3 N–H and O–H groups in total. The summed E-state index contributed by atoms with van der Waals surface area (Å²) in [4.78, 5) is 2.38. The van der Waals surface area contributed by atoms with Gasteiger partial charge < -0.3 is 20.4 Å². The number of methoxy groups -OCH3 is 2. The Labute approximate surface area is 125 Å². The summed E-state index contributed by atoms with van der Waals surface area (Å²) in [6.07, 6.45) is 2.49. The van der Waals surface area contributed by atoms with E-state index in [0.29, 0.717) is 17.4 Å². The molecule has 2 rings (SSSR count). The summed E-state index contributed by atoms with van der Waals surface area (Å²) in [5, 5.41) is 11.9. The third kappa shape index (κ3) is 3.86. The fraction of sp³-hybridized carbons (Fsp3) is 0.533. The number of nitrogens with two attached hydrogens (primary N) is 1. The van der Waals surface area contributed by atoms with Gasteiger partial charge in [0.25, 0.3) is 0 Å². The molecule has 116 valence electrons. The molecule has 1 aromatic rings. The molecule has 0 radical (unpaired) electrons. The lowest BCUT2D eigenvalue weighted by Gasteiger charge is -2.31. The maximum atomic E-state index is 8.86. The maximum Gasteiger partial charge on any atom is 0.173 e. The second-order valence-electron chi connectivity index (χ2n) is 5.23. The molecule has 0 atom stereocenters. The number of rotatable bonds is 5.